The van der Waals surface area contributed by atoms with Crippen LogP contribution in [0, 0.1) is 27.7 Å². The van der Waals surface area contributed by atoms with Gasteiger partial charge in [0.05, 0.1) is 0 Å². The van der Waals surface area contributed by atoms with Crippen LogP contribution in [0.5, 0.6) is 0 Å². The minimum atomic E-state index is 0.615. The molecule has 0 saturated heterocycles. The molecular weight excluding hydrogens is 264 g/mol. The molecule has 0 aromatic heterocycles. The zero-order chi connectivity index (χ0) is 14.7. The van der Waals surface area contributed by atoms with Crippen LogP contribution in [0.15, 0.2) is 36.4 Å². The van der Waals surface area contributed by atoms with E-state index in [1.165, 1.54) is 22.3 Å². The highest BCUT2D eigenvalue weighted by molar-refractivity contribution is 7.80. The van der Waals surface area contributed by atoms with Gasteiger partial charge in [0.25, 0.3) is 0 Å². The van der Waals surface area contributed by atoms with Gasteiger partial charge >= 0.3 is 0 Å². The van der Waals surface area contributed by atoms with E-state index in [4.69, 9.17) is 12.2 Å². The monoisotopic (exact) mass is 284 g/mol. The zero-order valence-electron chi connectivity index (χ0n) is 12.4. The first-order valence-corrected chi connectivity index (χ1v) is 7.09. The highest BCUT2D eigenvalue weighted by Crippen LogP contribution is 2.22. The maximum absolute atomic E-state index is 5.38. The number of hydrogen-bond acceptors (Lipinski definition) is 1. The van der Waals surface area contributed by atoms with E-state index in [0.717, 1.165) is 11.4 Å². The van der Waals surface area contributed by atoms with Gasteiger partial charge in [0.2, 0.25) is 0 Å². The molecule has 2 nitrogen and oxygen atoms in total. The molecule has 2 aromatic carbocycles. The van der Waals surface area contributed by atoms with Crippen molar-refractivity contribution < 1.29 is 0 Å². The van der Waals surface area contributed by atoms with Crippen molar-refractivity contribution in [1.29, 1.82) is 0 Å². The largest absolute Gasteiger partial charge is 0.332 e. The summed E-state index contributed by atoms with van der Waals surface area (Å²) in [5, 5.41) is 7.11. The SMILES string of the molecule is Cc1ccc(NC(=S)Nc2c(C)cc(C)cc2C)cc1. The summed E-state index contributed by atoms with van der Waals surface area (Å²) >= 11 is 5.38. The lowest BCUT2D eigenvalue weighted by Gasteiger charge is -2.15. The number of rotatable bonds is 2. The molecule has 0 heterocycles. The fraction of sp³-hybridized carbons (Fsp3) is 0.235. The Morgan fingerprint density at radius 1 is 0.800 bits per heavy atom. The molecule has 104 valence electrons. The standard InChI is InChI=1S/C17H20N2S/c1-11-5-7-15(8-6-11)18-17(20)19-16-13(3)9-12(2)10-14(16)4/h5-10H,1-4H3,(H2,18,19,20). The van der Waals surface area contributed by atoms with Crippen LogP contribution in [0.4, 0.5) is 11.4 Å². The first-order chi connectivity index (χ1) is 9.45. The second-order valence-corrected chi connectivity index (χ2v) is 5.63. The van der Waals surface area contributed by atoms with Crippen molar-refractivity contribution in [3.63, 3.8) is 0 Å². The molecular formula is C17H20N2S. The molecule has 0 amide bonds. The number of thiocarbonyl (C=S) groups is 1. The summed E-state index contributed by atoms with van der Waals surface area (Å²) < 4.78 is 0. The highest BCUT2D eigenvalue weighted by atomic mass is 32.1. The van der Waals surface area contributed by atoms with Crippen molar-refractivity contribution in [1.82, 2.24) is 0 Å². The molecule has 0 radical (unpaired) electrons. The minimum absolute atomic E-state index is 0.615. The fourth-order valence-electron chi connectivity index (χ4n) is 2.29. The van der Waals surface area contributed by atoms with Crippen molar-refractivity contribution in [2.75, 3.05) is 10.6 Å². The maximum atomic E-state index is 5.38. The molecule has 0 fully saturated rings. The van der Waals surface area contributed by atoms with E-state index in [2.05, 4.69) is 62.6 Å². The summed E-state index contributed by atoms with van der Waals surface area (Å²) in [5.41, 5.74) is 6.99. The Kier molecular flexibility index (Phi) is 4.40. The summed E-state index contributed by atoms with van der Waals surface area (Å²) in [7, 11) is 0. The molecule has 2 aromatic rings. The Morgan fingerprint density at radius 3 is 1.90 bits per heavy atom. The van der Waals surface area contributed by atoms with E-state index >= 15 is 0 Å². The fourth-order valence-corrected chi connectivity index (χ4v) is 2.51. The molecule has 0 aliphatic rings. The first-order valence-electron chi connectivity index (χ1n) is 6.68. The number of aryl methyl sites for hydroxylation is 4. The second-order valence-electron chi connectivity index (χ2n) is 5.22. The zero-order valence-corrected chi connectivity index (χ0v) is 13.2. The average Bonchev–Trinajstić information content (AvgIpc) is 2.36. The summed E-state index contributed by atoms with van der Waals surface area (Å²) in [6.45, 7) is 8.36. The molecule has 0 aliphatic carbocycles. The van der Waals surface area contributed by atoms with Crippen LogP contribution in [-0.2, 0) is 0 Å². The number of hydrogen-bond donors (Lipinski definition) is 2. The lowest BCUT2D eigenvalue weighted by molar-refractivity contribution is 1.32. The van der Waals surface area contributed by atoms with Crippen LogP contribution in [0.2, 0.25) is 0 Å². The van der Waals surface area contributed by atoms with Crippen LogP contribution in [0.25, 0.3) is 0 Å². The molecule has 0 spiro atoms. The lowest BCUT2D eigenvalue weighted by atomic mass is 10.1. The van der Waals surface area contributed by atoms with Gasteiger partial charge in [-0.05, 0) is 63.2 Å². The van der Waals surface area contributed by atoms with Crippen LogP contribution < -0.4 is 10.6 Å². The summed E-state index contributed by atoms with van der Waals surface area (Å²) in [5.74, 6) is 0. The van der Waals surface area contributed by atoms with Crippen molar-refractivity contribution in [2.24, 2.45) is 0 Å². The van der Waals surface area contributed by atoms with Gasteiger partial charge in [0.15, 0.2) is 5.11 Å². The maximum Gasteiger partial charge on any atom is 0.175 e. The van der Waals surface area contributed by atoms with Gasteiger partial charge in [-0.2, -0.15) is 0 Å². The van der Waals surface area contributed by atoms with Gasteiger partial charge in [0, 0.05) is 11.4 Å². The topological polar surface area (TPSA) is 24.1 Å². The summed E-state index contributed by atoms with van der Waals surface area (Å²) in [4.78, 5) is 0. The Labute approximate surface area is 126 Å². The third-order valence-electron chi connectivity index (χ3n) is 3.22. The van der Waals surface area contributed by atoms with E-state index < -0.39 is 0 Å². The van der Waals surface area contributed by atoms with Crippen LogP contribution >= 0.6 is 12.2 Å². The van der Waals surface area contributed by atoms with Crippen LogP contribution in [0.3, 0.4) is 0 Å². The molecule has 0 saturated carbocycles. The molecule has 2 N–H and O–H groups in total. The lowest BCUT2D eigenvalue weighted by Crippen LogP contribution is -2.20. The van der Waals surface area contributed by atoms with Crippen LogP contribution in [0.1, 0.15) is 22.3 Å². The van der Waals surface area contributed by atoms with Crippen molar-refractivity contribution in [2.45, 2.75) is 27.7 Å². The molecule has 20 heavy (non-hydrogen) atoms. The smallest absolute Gasteiger partial charge is 0.175 e. The Morgan fingerprint density at radius 2 is 1.35 bits per heavy atom. The predicted molar refractivity (Wildman–Crippen MR) is 91.7 cm³/mol. The van der Waals surface area contributed by atoms with Gasteiger partial charge in [-0.3, -0.25) is 0 Å². The van der Waals surface area contributed by atoms with Crippen molar-refractivity contribution >= 4 is 28.7 Å². The molecule has 0 atom stereocenters. The van der Waals surface area contributed by atoms with E-state index in [9.17, 15) is 0 Å². The Bertz CT molecular complexity index is 607. The van der Waals surface area contributed by atoms with Crippen molar-refractivity contribution in [3.8, 4) is 0 Å². The molecule has 2 rings (SSSR count). The van der Waals surface area contributed by atoms with Gasteiger partial charge < -0.3 is 10.6 Å². The van der Waals surface area contributed by atoms with E-state index in [-0.39, 0.29) is 0 Å². The Hall–Kier alpha value is -1.87. The quantitative estimate of drug-likeness (QED) is 0.780. The van der Waals surface area contributed by atoms with Crippen LogP contribution in [-0.4, -0.2) is 5.11 Å². The van der Waals surface area contributed by atoms with E-state index in [1.807, 2.05) is 12.1 Å². The molecule has 0 aliphatic heterocycles. The first kappa shape index (κ1) is 14.5. The van der Waals surface area contributed by atoms with Gasteiger partial charge in [-0.1, -0.05) is 35.4 Å². The third kappa shape index (κ3) is 3.58. The molecule has 0 bridgehead atoms. The average molecular weight is 284 g/mol. The van der Waals surface area contributed by atoms with E-state index in [1.54, 1.807) is 0 Å². The van der Waals surface area contributed by atoms with Gasteiger partial charge in [0.1, 0.15) is 0 Å². The molecule has 3 heteroatoms. The summed E-state index contributed by atoms with van der Waals surface area (Å²) in [6.07, 6.45) is 0. The summed E-state index contributed by atoms with van der Waals surface area (Å²) in [6, 6.07) is 12.5. The van der Waals surface area contributed by atoms with E-state index in [0.29, 0.717) is 5.11 Å². The molecule has 0 unspecified atom stereocenters. The van der Waals surface area contributed by atoms with Gasteiger partial charge in [-0.25, -0.2) is 0 Å². The number of benzene rings is 2. The highest BCUT2D eigenvalue weighted by Gasteiger charge is 2.06. The normalized spacial score (nSPS) is 10.2. The van der Waals surface area contributed by atoms with Crippen molar-refractivity contribution in [3.05, 3.63) is 58.7 Å². The van der Waals surface area contributed by atoms with Gasteiger partial charge in [-0.15, -0.1) is 0 Å². The predicted octanol–water partition coefficient (Wildman–Crippen LogP) is 4.73. The Balaban J connectivity index is 2.10. The minimum Gasteiger partial charge on any atom is -0.332 e. The number of nitrogens with one attached hydrogen (secondary N) is 2. The second kappa shape index (κ2) is 6.06. The third-order valence-corrected chi connectivity index (χ3v) is 3.43. The number of anilines is 2.